The topological polar surface area (TPSA) is 42.9 Å². The molecular weight excluding hydrogens is 307 g/mol. The minimum absolute atomic E-state index is 0.454. The monoisotopic (exact) mass is 324 g/mol. The highest BCUT2D eigenvalue weighted by atomic mass is 35.5. The summed E-state index contributed by atoms with van der Waals surface area (Å²) in [7, 11) is 0. The summed E-state index contributed by atoms with van der Waals surface area (Å²) in [5, 5.41) is -0.454. The SMILES string of the molecule is CCCCCCl.O=C(Cl)c1ccc(-c2ccncn2)cc1. The van der Waals surface area contributed by atoms with Crippen LogP contribution in [0.25, 0.3) is 11.3 Å². The second-order valence-corrected chi connectivity index (χ2v) is 5.06. The summed E-state index contributed by atoms with van der Waals surface area (Å²) in [5.74, 6) is 0.827. The minimum Gasteiger partial charge on any atom is -0.276 e. The van der Waals surface area contributed by atoms with E-state index in [1.165, 1.54) is 25.6 Å². The Labute approximate surface area is 135 Å². The van der Waals surface area contributed by atoms with Crippen LogP contribution >= 0.6 is 23.2 Å². The lowest BCUT2D eigenvalue weighted by atomic mass is 10.1. The van der Waals surface area contributed by atoms with Crippen LogP contribution in [0.2, 0.25) is 0 Å². The standard InChI is InChI=1S/C11H7ClN2O.C5H11Cl/c12-11(15)9-3-1-8(2-4-9)10-5-6-13-7-14-10;1-2-3-4-5-6/h1-7H;2-5H2,1H3. The first-order valence-corrected chi connectivity index (χ1v) is 7.72. The number of halogens is 2. The van der Waals surface area contributed by atoms with E-state index in [2.05, 4.69) is 16.9 Å². The van der Waals surface area contributed by atoms with Gasteiger partial charge in [0.25, 0.3) is 5.24 Å². The van der Waals surface area contributed by atoms with Crippen LogP contribution in [0.3, 0.4) is 0 Å². The Morgan fingerprint density at radius 2 is 1.86 bits per heavy atom. The molecule has 0 aliphatic rings. The average Bonchev–Trinajstić information content (AvgIpc) is 2.54. The minimum atomic E-state index is -0.454. The number of nitrogens with zero attached hydrogens (tertiary/aromatic N) is 2. The number of carbonyl (C=O) groups excluding carboxylic acids is 1. The van der Waals surface area contributed by atoms with Crippen molar-refractivity contribution in [3.05, 3.63) is 48.4 Å². The summed E-state index contributed by atoms with van der Waals surface area (Å²) in [4.78, 5) is 18.8. The van der Waals surface area contributed by atoms with Gasteiger partial charge in [0.05, 0.1) is 5.69 Å². The van der Waals surface area contributed by atoms with Crippen LogP contribution in [0, 0.1) is 0 Å². The molecule has 0 aliphatic heterocycles. The third-order valence-corrected chi connectivity index (χ3v) is 3.21. The number of aromatic nitrogens is 2. The molecule has 0 radical (unpaired) electrons. The van der Waals surface area contributed by atoms with E-state index in [1.54, 1.807) is 36.5 Å². The molecular formula is C16H18Cl2N2O. The van der Waals surface area contributed by atoms with Gasteiger partial charge in [-0.05, 0) is 36.2 Å². The van der Waals surface area contributed by atoms with Gasteiger partial charge in [0, 0.05) is 23.2 Å². The summed E-state index contributed by atoms with van der Waals surface area (Å²) >= 11 is 10.7. The molecule has 0 unspecified atom stereocenters. The van der Waals surface area contributed by atoms with Gasteiger partial charge in [-0.15, -0.1) is 11.6 Å². The zero-order valence-corrected chi connectivity index (χ0v) is 13.4. The molecule has 1 aromatic heterocycles. The van der Waals surface area contributed by atoms with Gasteiger partial charge in [0.2, 0.25) is 0 Å². The Kier molecular flexibility index (Phi) is 8.63. The highest BCUT2D eigenvalue weighted by Crippen LogP contribution is 2.16. The smallest absolute Gasteiger partial charge is 0.252 e. The molecule has 5 heteroatoms. The van der Waals surface area contributed by atoms with Crippen molar-refractivity contribution in [2.24, 2.45) is 0 Å². The van der Waals surface area contributed by atoms with Crippen molar-refractivity contribution in [1.29, 1.82) is 0 Å². The third-order valence-electron chi connectivity index (χ3n) is 2.73. The van der Waals surface area contributed by atoms with Gasteiger partial charge in [0.15, 0.2) is 0 Å². The number of unbranched alkanes of at least 4 members (excludes halogenated alkanes) is 2. The van der Waals surface area contributed by atoms with Crippen LogP contribution in [0.4, 0.5) is 0 Å². The lowest BCUT2D eigenvalue weighted by molar-refractivity contribution is 0.108. The third kappa shape index (κ3) is 6.69. The molecule has 0 amide bonds. The van der Waals surface area contributed by atoms with E-state index in [9.17, 15) is 4.79 Å². The Balaban J connectivity index is 0.000000315. The van der Waals surface area contributed by atoms with Crippen molar-refractivity contribution >= 4 is 28.4 Å². The number of benzene rings is 1. The first-order chi connectivity index (χ1) is 10.2. The molecule has 1 heterocycles. The normalized spacial score (nSPS) is 9.67. The van der Waals surface area contributed by atoms with Crippen molar-refractivity contribution in [3.8, 4) is 11.3 Å². The van der Waals surface area contributed by atoms with E-state index in [-0.39, 0.29) is 0 Å². The molecule has 0 saturated carbocycles. The van der Waals surface area contributed by atoms with Gasteiger partial charge in [-0.25, -0.2) is 9.97 Å². The second kappa shape index (κ2) is 10.3. The fourth-order valence-corrected chi connectivity index (χ4v) is 1.89. The maximum Gasteiger partial charge on any atom is 0.252 e. The molecule has 0 N–H and O–H groups in total. The lowest BCUT2D eigenvalue weighted by Crippen LogP contribution is -1.89. The fourth-order valence-electron chi connectivity index (χ4n) is 1.58. The fraction of sp³-hybridized carbons (Fsp3) is 0.312. The van der Waals surface area contributed by atoms with E-state index in [0.29, 0.717) is 5.56 Å². The zero-order valence-electron chi connectivity index (χ0n) is 11.9. The van der Waals surface area contributed by atoms with E-state index >= 15 is 0 Å². The van der Waals surface area contributed by atoms with Gasteiger partial charge in [-0.1, -0.05) is 31.9 Å². The van der Waals surface area contributed by atoms with Gasteiger partial charge >= 0.3 is 0 Å². The van der Waals surface area contributed by atoms with Crippen LogP contribution < -0.4 is 0 Å². The molecule has 0 saturated heterocycles. The Bertz CT molecular complexity index is 526. The van der Waals surface area contributed by atoms with Crippen LogP contribution in [0.1, 0.15) is 36.5 Å². The highest BCUT2D eigenvalue weighted by molar-refractivity contribution is 6.67. The first-order valence-electron chi connectivity index (χ1n) is 6.81. The molecule has 0 aliphatic carbocycles. The van der Waals surface area contributed by atoms with Gasteiger partial charge < -0.3 is 0 Å². The molecule has 2 rings (SSSR count). The molecule has 0 spiro atoms. The maximum atomic E-state index is 10.8. The van der Waals surface area contributed by atoms with Gasteiger partial charge in [-0.2, -0.15) is 0 Å². The summed E-state index contributed by atoms with van der Waals surface area (Å²) in [6.07, 6.45) is 6.88. The van der Waals surface area contributed by atoms with Crippen molar-refractivity contribution in [2.75, 3.05) is 5.88 Å². The van der Waals surface area contributed by atoms with Crippen molar-refractivity contribution in [3.63, 3.8) is 0 Å². The zero-order chi connectivity index (χ0) is 15.5. The van der Waals surface area contributed by atoms with Crippen molar-refractivity contribution in [1.82, 2.24) is 9.97 Å². The van der Waals surface area contributed by atoms with Gasteiger partial charge in [0.1, 0.15) is 6.33 Å². The van der Waals surface area contributed by atoms with Crippen LogP contribution in [-0.2, 0) is 0 Å². The summed E-state index contributed by atoms with van der Waals surface area (Å²) in [6.45, 7) is 2.17. The molecule has 0 bridgehead atoms. The van der Waals surface area contributed by atoms with Crippen LogP contribution in [0.5, 0.6) is 0 Å². The largest absolute Gasteiger partial charge is 0.276 e. The number of rotatable bonds is 5. The number of alkyl halides is 1. The Morgan fingerprint density at radius 1 is 1.14 bits per heavy atom. The van der Waals surface area contributed by atoms with Crippen molar-refractivity contribution < 1.29 is 4.79 Å². The molecule has 2 aromatic rings. The highest BCUT2D eigenvalue weighted by Gasteiger charge is 2.02. The molecule has 0 fully saturated rings. The van der Waals surface area contributed by atoms with Crippen LogP contribution in [-0.4, -0.2) is 21.1 Å². The Morgan fingerprint density at radius 3 is 2.29 bits per heavy atom. The Hall–Kier alpha value is -1.45. The maximum absolute atomic E-state index is 10.8. The van der Waals surface area contributed by atoms with Crippen molar-refractivity contribution in [2.45, 2.75) is 26.2 Å². The molecule has 0 atom stereocenters. The van der Waals surface area contributed by atoms with Crippen LogP contribution in [0.15, 0.2) is 42.9 Å². The molecule has 21 heavy (non-hydrogen) atoms. The number of hydrogen-bond acceptors (Lipinski definition) is 3. The predicted molar refractivity (Wildman–Crippen MR) is 87.9 cm³/mol. The van der Waals surface area contributed by atoms with Gasteiger partial charge in [-0.3, -0.25) is 4.79 Å². The van der Waals surface area contributed by atoms with E-state index in [4.69, 9.17) is 23.2 Å². The quantitative estimate of drug-likeness (QED) is 0.444. The summed E-state index contributed by atoms with van der Waals surface area (Å²) in [6, 6.07) is 8.76. The molecule has 3 nitrogen and oxygen atoms in total. The lowest BCUT2D eigenvalue weighted by Gasteiger charge is -1.99. The predicted octanol–water partition coefficient (Wildman–Crippen LogP) is 4.94. The summed E-state index contributed by atoms with van der Waals surface area (Å²) in [5.41, 5.74) is 2.23. The number of carbonyl (C=O) groups is 1. The van der Waals surface area contributed by atoms with E-state index in [1.807, 2.05) is 0 Å². The van der Waals surface area contributed by atoms with E-state index in [0.717, 1.165) is 17.1 Å². The number of hydrogen-bond donors (Lipinski definition) is 0. The summed E-state index contributed by atoms with van der Waals surface area (Å²) < 4.78 is 0. The molecule has 112 valence electrons. The second-order valence-electron chi connectivity index (χ2n) is 4.34. The van der Waals surface area contributed by atoms with E-state index < -0.39 is 5.24 Å². The molecule has 1 aromatic carbocycles. The first kappa shape index (κ1) is 17.6. The average molecular weight is 325 g/mol.